The van der Waals surface area contributed by atoms with E-state index in [0.29, 0.717) is 16.0 Å². The number of benzene rings is 3. The van der Waals surface area contributed by atoms with E-state index in [1.807, 2.05) is 41.9 Å². The molecule has 2 heterocycles. The smallest absolute Gasteiger partial charge is 0.159 e. The maximum Gasteiger partial charge on any atom is 0.159 e. The summed E-state index contributed by atoms with van der Waals surface area (Å²) in [7, 11) is 3.51. The van der Waals surface area contributed by atoms with Crippen LogP contribution in [-0.2, 0) is 17.4 Å². The van der Waals surface area contributed by atoms with Gasteiger partial charge in [0.1, 0.15) is 11.6 Å². The lowest BCUT2D eigenvalue weighted by molar-refractivity contribution is 0.0525. The van der Waals surface area contributed by atoms with Gasteiger partial charge in [0.15, 0.2) is 5.60 Å². The molecule has 0 aliphatic heterocycles. The summed E-state index contributed by atoms with van der Waals surface area (Å²) >= 11 is 6.17. The molecule has 0 aliphatic carbocycles. The number of methoxy groups -OCH3 is 1. The minimum atomic E-state index is -1.06. The van der Waals surface area contributed by atoms with Gasteiger partial charge in [-0.1, -0.05) is 41.9 Å². The van der Waals surface area contributed by atoms with Crippen LogP contribution in [0.15, 0.2) is 85.6 Å². The van der Waals surface area contributed by atoms with Crippen LogP contribution in [0.4, 0.5) is 8.78 Å². The van der Waals surface area contributed by atoms with Crippen LogP contribution in [0, 0.1) is 11.6 Å². The Morgan fingerprint density at radius 3 is 2.24 bits per heavy atom. The SMILES string of the molecule is COC(c1ccc(Cl)cc1)(c1ccc2cncc(-c3c(F)cccc3F)c2c1)c1cncn1C. The van der Waals surface area contributed by atoms with Crippen molar-refractivity contribution < 1.29 is 13.5 Å². The van der Waals surface area contributed by atoms with Crippen LogP contribution in [-0.4, -0.2) is 21.6 Å². The summed E-state index contributed by atoms with van der Waals surface area (Å²) in [5.74, 6) is -1.30. The van der Waals surface area contributed by atoms with Gasteiger partial charge in [-0.25, -0.2) is 13.8 Å². The van der Waals surface area contributed by atoms with Gasteiger partial charge in [0.05, 0.1) is 23.8 Å². The number of ether oxygens (including phenoxy) is 1. The third-order valence-corrected chi connectivity index (χ3v) is 6.39. The fraction of sp³-hybridized carbons (Fsp3) is 0.111. The van der Waals surface area contributed by atoms with E-state index in [9.17, 15) is 8.78 Å². The molecule has 2 aromatic heterocycles. The van der Waals surface area contributed by atoms with Crippen molar-refractivity contribution in [3.05, 3.63) is 119 Å². The molecule has 170 valence electrons. The van der Waals surface area contributed by atoms with Crippen LogP contribution in [0.1, 0.15) is 16.8 Å². The number of rotatable bonds is 5. The number of hydrogen-bond acceptors (Lipinski definition) is 3. The van der Waals surface area contributed by atoms with Crippen molar-refractivity contribution in [2.45, 2.75) is 5.60 Å². The Balaban J connectivity index is 1.84. The molecule has 0 amide bonds. The molecule has 0 aliphatic rings. The van der Waals surface area contributed by atoms with Crippen LogP contribution in [0.5, 0.6) is 0 Å². The fourth-order valence-corrected chi connectivity index (χ4v) is 4.65. The van der Waals surface area contributed by atoms with E-state index >= 15 is 0 Å². The van der Waals surface area contributed by atoms with E-state index in [2.05, 4.69) is 9.97 Å². The highest BCUT2D eigenvalue weighted by molar-refractivity contribution is 6.30. The summed E-state index contributed by atoms with van der Waals surface area (Å²) in [6, 6.07) is 16.9. The first-order valence-electron chi connectivity index (χ1n) is 10.6. The molecule has 0 radical (unpaired) electrons. The largest absolute Gasteiger partial charge is 0.362 e. The number of nitrogens with zero attached hydrogens (tertiary/aromatic N) is 3. The van der Waals surface area contributed by atoms with Crippen LogP contribution in [0.2, 0.25) is 5.02 Å². The molecule has 0 spiro atoms. The molecule has 1 atom stereocenters. The average Bonchev–Trinajstić information content (AvgIpc) is 3.27. The zero-order valence-corrected chi connectivity index (χ0v) is 19.2. The minimum Gasteiger partial charge on any atom is -0.362 e. The number of imidazole rings is 1. The second kappa shape index (κ2) is 8.63. The van der Waals surface area contributed by atoms with E-state index in [1.54, 1.807) is 38.0 Å². The van der Waals surface area contributed by atoms with Crippen molar-refractivity contribution in [3.63, 3.8) is 0 Å². The van der Waals surface area contributed by atoms with E-state index < -0.39 is 17.2 Å². The molecule has 0 saturated carbocycles. The molecule has 0 saturated heterocycles. The summed E-state index contributed by atoms with van der Waals surface area (Å²) in [6.07, 6.45) is 6.59. The topological polar surface area (TPSA) is 39.9 Å². The van der Waals surface area contributed by atoms with Gasteiger partial charge in [0, 0.05) is 42.5 Å². The number of pyridine rings is 1. The highest BCUT2D eigenvalue weighted by Crippen LogP contribution is 2.42. The Labute approximate surface area is 200 Å². The molecular weight excluding hydrogens is 456 g/mol. The molecular formula is C27H20ClF2N3O. The lowest BCUT2D eigenvalue weighted by atomic mass is 9.82. The van der Waals surface area contributed by atoms with Gasteiger partial charge in [-0.3, -0.25) is 4.98 Å². The Morgan fingerprint density at radius 1 is 0.882 bits per heavy atom. The second-order valence-electron chi connectivity index (χ2n) is 8.00. The first-order valence-corrected chi connectivity index (χ1v) is 10.9. The number of aryl methyl sites for hydroxylation is 1. The number of aromatic nitrogens is 3. The third kappa shape index (κ3) is 3.47. The molecule has 4 nitrogen and oxygen atoms in total. The third-order valence-electron chi connectivity index (χ3n) is 6.13. The summed E-state index contributed by atoms with van der Waals surface area (Å²) in [5, 5.41) is 1.99. The Hall–Kier alpha value is -3.61. The lowest BCUT2D eigenvalue weighted by Gasteiger charge is -2.34. The molecule has 7 heteroatoms. The predicted octanol–water partition coefficient (Wildman–Crippen LogP) is 6.51. The summed E-state index contributed by atoms with van der Waals surface area (Å²) in [5.41, 5.74) is 1.56. The van der Waals surface area contributed by atoms with Gasteiger partial charge in [0.25, 0.3) is 0 Å². The monoisotopic (exact) mass is 475 g/mol. The molecule has 0 N–H and O–H groups in total. The van der Waals surface area contributed by atoms with Gasteiger partial charge in [0.2, 0.25) is 0 Å². The van der Waals surface area contributed by atoms with Crippen LogP contribution in [0.25, 0.3) is 21.9 Å². The van der Waals surface area contributed by atoms with Crippen molar-refractivity contribution >= 4 is 22.4 Å². The summed E-state index contributed by atoms with van der Waals surface area (Å²) in [4.78, 5) is 8.52. The number of fused-ring (bicyclic) bond motifs is 1. The molecule has 1 unspecified atom stereocenters. The Bertz CT molecular complexity index is 1480. The quantitative estimate of drug-likeness (QED) is 0.291. The molecule has 34 heavy (non-hydrogen) atoms. The first kappa shape index (κ1) is 22.2. The minimum absolute atomic E-state index is 0.118. The van der Waals surface area contributed by atoms with Gasteiger partial charge in [-0.15, -0.1) is 0 Å². The Kier molecular flexibility index (Phi) is 5.63. The van der Waals surface area contributed by atoms with E-state index in [0.717, 1.165) is 22.2 Å². The molecule has 5 rings (SSSR count). The first-order chi connectivity index (χ1) is 16.5. The Morgan fingerprint density at radius 2 is 1.59 bits per heavy atom. The molecule has 0 fully saturated rings. The highest BCUT2D eigenvalue weighted by Gasteiger charge is 2.39. The predicted molar refractivity (Wildman–Crippen MR) is 129 cm³/mol. The van der Waals surface area contributed by atoms with Crippen molar-refractivity contribution in [2.75, 3.05) is 7.11 Å². The molecule has 0 bridgehead atoms. The van der Waals surface area contributed by atoms with E-state index in [4.69, 9.17) is 16.3 Å². The number of hydrogen-bond donors (Lipinski definition) is 0. The number of halogens is 3. The van der Waals surface area contributed by atoms with Crippen molar-refractivity contribution in [2.24, 2.45) is 7.05 Å². The average molecular weight is 476 g/mol. The van der Waals surface area contributed by atoms with Gasteiger partial charge in [-0.2, -0.15) is 0 Å². The van der Waals surface area contributed by atoms with Crippen molar-refractivity contribution in [1.29, 1.82) is 0 Å². The van der Waals surface area contributed by atoms with Crippen LogP contribution < -0.4 is 0 Å². The van der Waals surface area contributed by atoms with Crippen LogP contribution in [0.3, 0.4) is 0 Å². The highest BCUT2D eigenvalue weighted by atomic mass is 35.5. The van der Waals surface area contributed by atoms with Crippen LogP contribution >= 0.6 is 11.6 Å². The second-order valence-corrected chi connectivity index (χ2v) is 8.44. The summed E-state index contributed by atoms with van der Waals surface area (Å²) in [6.45, 7) is 0. The van der Waals surface area contributed by atoms with Gasteiger partial charge < -0.3 is 9.30 Å². The zero-order valence-electron chi connectivity index (χ0n) is 18.5. The maximum absolute atomic E-state index is 14.7. The van der Waals surface area contributed by atoms with E-state index in [-0.39, 0.29) is 5.56 Å². The lowest BCUT2D eigenvalue weighted by Crippen LogP contribution is -2.33. The van der Waals surface area contributed by atoms with Crippen molar-refractivity contribution in [1.82, 2.24) is 14.5 Å². The van der Waals surface area contributed by atoms with Crippen molar-refractivity contribution in [3.8, 4) is 11.1 Å². The fourth-order valence-electron chi connectivity index (χ4n) is 4.52. The normalized spacial score (nSPS) is 13.2. The van der Waals surface area contributed by atoms with Gasteiger partial charge in [-0.05, 0) is 46.8 Å². The maximum atomic E-state index is 14.7. The van der Waals surface area contributed by atoms with Gasteiger partial charge >= 0.3 is 0 Å². The zero-order chi connectivity index (χ0) is 23.9. The standard InChI is InChI=1S/C27H20ClF2N3O/c1-33-16-32-15-25(33)27(34-2,18-8-10-20(28)11-9-18)19-7-6-17-13-31-14-22(21(17)12-19)26-23(29)4-3-5-24(26)30/h3-16H,1-2H3. The molecule has 5 aromatic rings. The summed E-state index contributed by atoms with van der Waals surface area (Å²) < 4.78 is 37.6. The van der Waals surface area contributed by atoms with E-state index in [1.165, 1.54) is 24.4 Å². The molecule has 3 aromatic carbocycles.